The van der Waals surface area contributed by atoms with E-state index in [0.717, 1.165) is 11.1 Å². The second kappa shape index (κ2) is 10.2. The number of rotatable bonds is 8. The lowest BCUT2D eigenvalue weighted by Gasteiger charge is -2.10. The molecule has 2 rings (SSSR count). The minimum atomic E-state index is -0.428. The van der Waals surface area contributed by atoms with E-state index in [-0.39, 0.29) is 25.2 Å². The molecule has 0 aromatic heterocycles. The van der Waals surface area contributed by atoms with E-state index in [9.17, 15) is 9.59 Å². The van der Waals surface area contributed by atoms with Crippen LogP contribution in [0, 0.1) is 11.8 Å². The summed E-state index contributed by atoms with van der Waals surface area (Å²) in [6, 6.07) is 19.0. The molecule has 0 aliphatic heterocycles. The third kappa shape index (κ3) is 6.55. The van der Waals surface area contributed by atoms with Crippen LogP contribution < -0.4 is 0 Å². The van der Waals surface area contributed by atoms with Gasteiger partial charge in [0, 0.05) is 0 Å². The highest BCUT2D eigenvalue weighted by Gasteiger charge is 2.15. The molecule has 136 valence electrons. The molecule has 2 aromatic rings. The fourth-order valence-electron chi connectivity index (χ4n) is 2.21. The van der Waals surface area contributed by atoms with Gasteiger partial charge in [0.1, 0.15) is 13.2 Å². The summed E-state index contributed by atoms with van der Waals surface area (Å²) >= 11 is 0. The van der Waals surface area contributed by atoms with Gasteiger partial charge in [-0.1, -0.05) is 72.8 Å². The maximum Gasteiger partial charge on any atom is 0.312 e. The molecule has 0 heterocycles. The zero-order valence-electron chi connectivity index (χ0n) is 15.1. The van der Waals surface area contributed by atoms with Gasteiger partial charge in [0.25, 0.3) is 0 Å². The molecule has 0 aliphatic carbocycles. The first-order valence-corrected chi connectivity index (χ1v) is 8.65. The smallest absolute Gasteiger partial charge is 0.312 e. The summed E-state index contributed by atoms with van der Waals surface area (Å²) in [5, 5.41) is 0. The molecule has 2 aromatic carbocycles. The van der Waals surface area contributed by atoms with Crippen LogP contribution in [0.5, 0.6) is 0 Å². The first kappa shape index (κ1) is 19.4. The van der Waals surface area contributed by atoms with Crippen molar-refractivity contribution in [3.05, 3.63) is 83.9 Å². The first-order chi connectivity index (χ1) is 12.6. The molecule has 0 radical (unpaired) electrons. The predicted molar refractivity (Wildman–Crippen MR) is 99.9 cm³/mol. The summed E-state index contributed by atoms with van der Waals surface area (Å²) in [5.74, 6) is -1.50. The van der Waals surface area contributed by atoms with Crippen molar-refractivity contribution in [3.63, 3.8) is 0 Å². The fourth-order valence-corrected chi connectivity index (χ4v) is 2.21. The summed E-state index contributed by atoms with van der Waals surface area (Å²) in [7, 11) is 0. The van der Waals surface area contributed by atoms with Gasteiger partial charge in [0.2, 0.25) is 0 Å². The maximum atomic E-state index is 12.0. The van der Waals surface area contributed by atoms with Gasteiger partial charge in [-0.05, 0) is 25.0 Å². The maximum absolute atomic E-state index is 12.0. The van der Waals surface area contributed by atoms with Crippen LogP contribution in [0.15, 0.2) is 72.8 Å². The molecule has 4 nitrogen and oxygen atoms in total. The Bertz CT molecular complexity index is 659. The topological polar surface area (TPSA) is 52.6 Å². The molecule has 26 heavy (non-hydrogen) atoms. The third-order valence-electron chi connectivity index (χ3n) is 3.88. The van der Waals surface area contributed by atoms with Crippen molar-refractivity contribution in [1.29, 1.82) is 0 Å². The Labute approximate surface area is 154 Å². The Kier molecular flexibility index (Phi) is 7.62. The number of carbonyl (C=O) groups excluding carboxylic acids is 2. The monoisotopic (exact) mass is 352 g/mol. The van der Waals surface area contributed by atoms with Crippen molar-refractivity contribution >= 4 is 11.9 Å². The highest BCUT2D eigenvalue weighted by atomic mass is 16.5. The van der Waals surface area contributed by atoms with E-state index in [1.807, 2.05) is 60.7 Å². The first-order valence-electron chi connectivity index (χ1n) is 8.65. The molecule has 0 N–H and O–H groups in total. The van der Waals surface area contributed by atoms with E-state index >= 15 is 0 Å². The molecule has 0 bridgehead atoms. The van der Waals surface area contributed by atoms with Crippen LogP contribution in [-0.4, -0.2) is 11.9 Å². The molecule has 2 atom stereocenters. The zero-order chi connectivity index (χ0) is 18.8. The van der Waals surface area contributed by atoms with Crippen molar-refractivity contribution in [2.24, 2.45) is 11.8 Å². The van der Waals surface area contributed by atoms with Crippen LogP contribution in [0.2, 0.25) is 0 Å². The lowest BCUT2D eigenvalue weighted by molar-refractivity contribution is -0.149. The highest BCUT2D eigenvalue weighted by molar-refractivity contribution is 5.76. The van der Waals surface area contributed by atoms with Crippen molar-refractivity contribution in [3.8, 4) is 0 Å². The average Bonchev–Trinajstić information content (AvgIpc) is 2.69. The molecule has 0 fully saturated rings. The number of benzene rings is 2. The van der Waals surface area contributed by atoms with E-state index in [0.29, 0.717) is 0 Å². The molecular weight excluding hydrogens is 328 g/mol. The van der Waals surface area contributed by atoms with Crippen molar-refractivity contribution in [2.75, 3.05) is 0 Å². The Morgan fingerprint density at radius 1 is 0.731 bits per heavy atom. The van der Waals surface area contributed by atoms with Crippen molar-refractivity contribution in [2.45, 2.75) is 27.1 Å². The van der Waals surface area contributed by atoms with Crippen molar-refractivity contribution < 1.29 is 19.1 Å². The average molecular weight is 352 g/mol. The van der Waals surface area contributed by atoms with E-state index < -0.39 is 11.8 Å². The molecule has 0 saturated carbocycles. The Morgan fingerprint density at radius 3 is 1.42 bits per heavy atom. The van der Waals surface area contributed by atoms with E-state index in [1.54, 1.807) is 26.0 Å². The van der Waals surface area contributed by atoms with Gasteiger partial charge < -0.3 is 9.47 Å². The molecule has 0 amide bonds. The number of ether oxygens (including phenoxy) is 2. The molecule has 2 unspecified atom stereocenters. The van der Waals surface area contributed by atoms with Gasteiger partial charge in [0.05, 0.1) is 11.8 Å². The number of hydrogen-bond donors (Lipinski definition) is 0. The molecule has 0 saturated heterocycles. The van der Waals surface area contributed by atoms with Gasteiger partial charge in [-0.2, -0.15) is 0 Å². The lowest BCUT2D eigenvalue weighted by Crippen LogP contribution is -2.15. The predicted octanol–water partition coefficient (Wildman–Crippen LogP) is 4.30. The Hall–Kier alpha value is -2.88. The van der Waals surface area contributed by atoms with E-state index in [4.69, 9.17) is 9.47 Å². The van der Waals surface area contributed by atoms with Crippen molar-refractivity contribution in [1.82, 2.24) is 0 Å². The number of hydrogen-bond acceptors (Lipinski definition) is 4. The van der Waals surface area contributed by atoms with Crippen LogP contribution in [0.25, 0.3) is 0 Å². The zero-order valence-corrected chi connectivity index (χ0v) is 15.1. The van der Waals surface area contributed by atoms with Gasteiger partial charge in [-0.25, -0.2) is 0 Å². The minimum Gasteiger partial charge on any atom is -0.460 e. The highest BCUT2D eigenvalue weighted by Crippen LogP contribution is 2.10. The van der Waals surface area contributed by atoms with E-state index in [1.165, 1.54) is 0 Å². The molecular formula is C22H24O4. The van der Waals surface area contributed by atoms with Gasteiger partial charge in [-0.15, -0.1) is 0 Å². The van der Waals surface area contributed by atoms with Gasteiger partial charge in [0.15, 0.2) is 0 Å². The van der Waals surface area contributed by atoms with Crippen LogP contribution in [0.4, 0.5) is 0 Å². The summed E-state index contributed by atoms with van der Waals surface area (Å²) in [5.41, 5.74) is 1.88. The quantitative estimate of drug-likeness (QED) is 0.525. The summed E-state index contributed by atoms with van der Waals surface area (Å²) < 4.78 is 10.6. The molecule has 0 aliphatic rings. The van der Waals surface area contributed by atoms with Crippen LogP contribution >= 0.6 is 0 Å². The van der Waals surface area contributed by atoms with Crippen LogP contribution in [0.3, 0.4) is 0 Å². The second-order valence-electron chi connectivity index (χ2n) is 6.15. The lowest BCUT2D eigenvalue weighted by atomic mass is 10.1. The largest absolute Gasteiger partial charge is 0.460 e. The van der Waals surface area contributed by atoms with Gasteiger partial charge in [-0.3, -0.25) is 9.59 Å². The summed E-state index contributed by atoms with van der Waals surface area (Å²) in [6.07, 6.45) is 3.36. The standard InChI is InChI=1S/C22H24O4/c1-17(21(23)25-15-19-9-5-3-6-10-19)13-14-18(2)22(24)26-16-20-11-7-4-8-12-20/h3-14,17-18H,15-16H2,1-2H3/b14-13+. The number of esters is 2. The van der Waals surface area contributed by atoms with Crippen LogP contribution in [-0.2, 0) is 32.3 Å². The van der Waals surface area contributed by atoms with Crippen LogP contribution in [0.1, 0.15) is 25.0 Å². The normalized spacial score (nSPS) is 13.2. The number of carbonyl (C=O) groups is 2. The van der Waals surface area contributed by atoms with E-state index in [2.05, 4.69) is 0 Å². The second-order valence-corrected chi connectivity index (χ2v) is 6.15. The summed E-state index contributed by atoms with van der Waals surface area (Å²) in [6.45, 7) is 3.97. The fraction of sp³-hybridized carbons (Fsp3) is 0.273. The minimum absolute atomic E-state index is 0.243. The Balaban J connectivity index is 1.75. The summed E-state index contributed by atoms with van der Waals surface area (Å²) in [4.78, 5) is 24.0. The SMILES string of the molecule is CC(/C=C/C(C)C(=O)OCc1ccccc1)C(=O)OCc1ccccc1. The molecule has 4 heteroatoms. The molecule has 0 spiro atoms. The van der Waals surface area contributed by atoms with Gasteiger partial charge >= 0.3 is 11.9 Å². The Morgan fingerprint density at radius 2 is 1.08 bits per heavy atom. The third-order valence-corrected chi connectivity index (χ3v) is 3.88.